The molecule has 0 spiro atoms. The van der Waals surface area contributed by atoms with Crippen LogP contribution >= 0.6 is 11.6 Å². The fourth-order valence-electron chi connectivity index (χ4n) is 1.44. The van der Waals surface area contributed by atoms with Gasteiger partial charge in [-0.05, 0) is 18.6 Å². The van der Waals surface area contributed by atoms with Crippen molar-refractivity contribution < 1.29 is 9.47 Å². The van der Waals surface area contributed by atoms with Gasteiger partial charge in [-0.2, -0.15) is 0 Å². The second-order valence-corrected chi connectivity index (χ2v) is 4.11. The second-order valence-electron chi connectivity index (χ2n) is 3.71. The van der Waals surface area contributed by atoms with Gasteiger partial charge in [-0.25, -0.2) is 0 Å². The number of hydrogen-bond acceptors (Lipinski definition) is 2. The van der Waals surface area contributed by atoms with E-state index in [9.17, 15) is 0 Å². The molecule has 16 heavy (non-hydrogen) atoms. The average molecular weight is 243 g/mol. The Morgan fingerprint density at radius 1 is 1.19 bits per heavy atom. The summed E-state index contributed by atoms with van der Waals surface area (Å²) in [4.78, 5) is 0. The lowest BCUT2D eigenvalue weighted by Crippen LogP contribution is -1.97. The van der Waals surface area contributed by atoms with E-state index in [1.807, 2.05) is 12.1 Å². The van der Waals surface area contributed by atoms with Crippen LogP contribution < -0.4 is 9.47 Å². The molecular formula is C13H19ClO2. The van der Waals surface area contributed by atoms with Crippen molar-refractivity contribution in [3.05, 3.63) is 23.2 Å². The van der Waals surface area contributed by atoms with E-state index in [4.69, 9.17) is 21.1 Å². The molecule has 0 N–H and O–H groups in total. The predicted molar refractivity (Wildman–Crippen MR) is 67.6 cm³/mol. The first-order valence-electron chi connectivity index (χ1n) is 5.74. The van der Waals surface area contributed by atoms with Gasteiger partial charge in [0, 0.05) is 6.07 Å². The normalized spacial score (nSPS) is 10.2. The Hall–Kier alpha value is -0.890. The summed E-state index contributed by atoms with van der Waals surface area (Å²) in [7, 11) is 1.62. The highest BCUT2D eigenvalue weighted by atomic mass is 35.5. The van der Waals surface area contributed by atoms with Crippen molar-refractivity contribution in [3.8, 4) is 11.5 Å². The monoisotopic (exact) mass is 242 g/mol. The Morgan fingerprint density at radius 3 is 2.62 bits per heavy atom. The van der Waals surface area contributed by atoms with E-state index in [-0.39, 0.29) is 0 Å². The standard InChI is InChI=1S/C13H19ClO2/c1-3-4-5-6-9-16-13-8-7-11(15-2)10-12(13)14/h7-8,10H,3-6,9H2,1-2H3. The molecule has 1 aromatic carbocycles. The lowest BCUT2D eigenvalue weighted by atomic mass is 10.2. The van der Waals surface area contributed by atoms with Crippen LogP contribution in [0, 0.1) is 0 Å². The minimum absolute atomic E-state index is 0.606. The summed E-state index contributed by atoms with van der Waals surface area (Å²) in [5.41, 5.74) is 0. The van der Waals surface area contributed by atoms with E-state index in [1.165, 1.54) is 19.3 Å². The van der Waals surface area contributed by atoms with Crippen molar-refractivity contribution in [2.24, 2.45) is 0 Å². The maximum Gasteiger partial charge on any atom is 0.138 e. The third-order valence-electron chi connectivity index (χ3n) is 2.39. The van der Waals surface area contributed by atoms with Crippen molar-refractivity contribution in [2.45, 2.75) is 32.6 Å². The van der Waals surface area contributed by atoms with Crippen LogP contribution in [0.2, 0.25) is 5.02 Å². The number of methoxy groups -OCH3 is 1. The maximum atomic E-state index is 6.04. The van der Waals surface area contributed by atoms with Crippen molar-refractivity contribution in [3.63, 3.8) is 0 Å². The van der Waals surface area contributed by atoms with Gasteiger partial charge < -0.3 is 9.47 Å². The number of unbranched alkanes of at least 4 members (excludes halogenated alkanes) is 3. The maximum absolute atomic E-state index is 6.04. The summed E-state index contributed by atoms with van der Waals surface area (Å²) >= 11 is 6.04. The zero-order chi connectivity index (χ0) is 11.8. The Bertz CT molecular complexity index is 313. The molecular weight excluding hydrogens is 224 g/mol. The zero-order valence-corrected chi connectivity index (χ0v) is 10.7. The molecule has 0 aliphatic carbocycles. The fourth-order valence-corrected chi connectivity index (χ4v) is 1.66. The smallest absolute Gasteiger partial charge is 0.138 e. The summed E-state index contributed by atoms with van der Waals surface area (Å²) in [5.74, 6) is 1.49. The first-order valence-corrected chi connectivity index (χ1v) is 6.12. The molecule has 2 nitrogen and oxygen atoms in total. The van der Waals surface area contributed by atoms with Crippen LogP contribution in [0.4, 0.5) is 0 Å². The van der Waals surface area contributed by atoms with Crippen LogP contribution in [-0.4, -0.2) is 13.7 Å². The average Bonchev–Trinajstić information content (AvgIpc) is 2.30. The number of hydrogen-bond donors (Lipinski definition) is 0. The van der Waals surface area contributed by atoms with Gasteiger partial charge >= 0.3 is 0 Å². The molecule has 0 amide bonds. The Labute approximate surface area is 103 Å². The van der Waals surface area contributed by atoms with Gasteiger partial charge in [-0.3, -0.25) is 0 Å². The van der Waals surface area contributed by atoms with Gasteiger partial charge in [0.05, 0.1) is 18.7 Å². The lowest BCUT2D eigenvalue weighted by Gasteiger charge is -2.08. The van der Waals surface area contributed by atoms with E-state index in [2.05, 4.69) is 6.92 Å². The highest BCUT2D eigenvalue weighted by Gasteiger charge is 2.02. The molecule has 0 saturated carbocycles. The number of halogens is 1. The molecule has 0 radical (unpaired) electrons. The molecule has 1 rings (SSSR count). The van der Waals surface area contributed by atoms with E-state index in [0.717, 1.165) is 24.5 Å². The number of benzene rings is 1. The van der Waals surface area contributed by atoms with Crippen LogP contribution in [-0.2, 0) is 0 Å². The van der Waals surface area contributed by atoms with Crippen LogP contribution in [0.3, 0.4) is 0 Å². The van der Waals surface area contributed by atoms with E-state index in [0.29, 0.717) is 5.02 Å². The number of ether oxygens (including phenoxy) is 2. The molecule has 1 aromatic rings. The van der Waals surface area contributed by atoms with Crippen molar-refractivity contribution >= 4 is 11.6 Å². The molecule has 0 fully saturated rings. The first-order chi connectivity index (χ1) is 7.77. The molecule has 0 aliphatic heterocycles. The summed E-state index contributed by atoms with van der Waals surface area (Å²) in [6.07, 6.45) is 4.80. The quantitative estimate of drug-likeness (QED) is 0.664. The van der Waals surface area contributed by atoms with Crippen LogP contribution in [0.15, 0.2) is 18.2 Å². The minimum atomic E-state index is 0.606. The summed E-state index contributed by atoms with van der Waals surface area (Å²) in [5, 5.41) is 0.606. The van der Waals surface area contributed by atoms with Gasteiger partial charge in [-0.15, -0.1) is 0 Å². The summed E-state index contributed by atoms with van der Waals surface area (Å²) < 4.78 is 10.7. The molecule has 0 saturated heterocycles. The van der Waals surface area contributed by atoms with Crippen molar-refractivity contribution in [2.75, 3.05) is 13.7 Å². The Morgan fingerprint density at radius 2 is 2.00 bits per heavy atom. The van der Waals surface area contributed by atoms with Crippen LogP contribution in [0.25, 0.3) is 0 Å². The second kappa shape index (κ2) is 7.39. The van der Waals surface area contributed by atoms with Gasteiger partial charge in [0.1, 0.15) is 11.5 Å². The van der Waals surface area contributed by atoms with Gasteiger partial charge in [0.15, 0.2) is 0 Å². The molecule has 0 unspecified atom stereocenters. The molecule has 3 heteroatoms. The third-order valence-corrected chi connectivity index (χ3v) is 2.69. The Kier molecular flexibility index (Phi) is 6.09. The summed E-state index contributed by atoms with van der Waals surface area (Å²) in [6.45, 7) is 2.92. The van der Waals surface area contributed by atoms with Crippen molar-refractivity contribution in [1.82, 2.24) is 0 Å². The first kappa shape index (κ1) is 13.2. The van der Waals surface area contributed by atoms with Gasteiger partial charge in [0.25, 0.3) is 0 Å². The van der Waals surface area contributed by atoms with E-state index >= 15 is 0 Å². The predicted octanol–water partition coefficient (Wildman–Crippen LogP) is 4.31. The molecule has 0 bridgehead atoms. The molecule has 0 aromatic heterocycles. The Balaban J connectivity index is 2.36. The SMILES string of the molecule is CCCCCCOc1ccc(OC)cc1Cl. The van der Waals surface area contributed by atoms with Crippen LogP contribution in [0.1, 0.15) is 32.6 Å². The molecule has 0 aliphatic rings. The highest BCUT2D eigenvalue weighted by molar-refractivity contribution is 6.32. The van der Waals surface area contributed by atoms with Crippen LogP contribution in [0.5, 0.6) is 11.5 Å². The fraction of sp³-hybridized carbons (Fsp3) is 0.538. The summed E-state index contributed by atoms with van der Waals surface area (Å²) in [6, 6.07) is 5.47. The van der Waals surface area contributed by atoms with Gasteiger partial charge in [-0.1, -0.05) is 37.8 Å². The highest BCUT2D eigenvalue weighted by Crippen LogP contribution is 2.28. The third kappa shape index (κ3) is 4.31. The topological polar surface area (TPSA) is 18.5 Å². The molecule has 0 heterocycles. The van der Waals surface area contributed by atoms with E-state index in [1.54, 1.807) is 13.2 Å². The zero-order valence-electron chi connectivity index (χ0n) is 9.96. The lowest BCUT2D eigenvalue weighted by molar-refractivity contribution is 0.304. The van der Waals surface area contributed by atoms with Gasteiger partial charge in [0.2, 0.25) is 0 Å². The van der Waals surface area contributed by atoms with Crippen molar-refractivity contribution in [1.29, 1.82) is 0 Å². The number of rotatable bonds is 7. The molecule has 90 valence electrons. The largest absolute Gasteiger partial charge is 0.497 e. The minimum Gasteiger partial charge on any atom is -0.497 e. The molecule has 0 atom stereocenters. The van der Waals surface area contributed by atoms with E-state index < -0.39 is 0 Å².